The molecule has 0 aliphatic rings. The first-order valence-electron chi connectivity index (χ1n) is 7.48. The molecule has 0 spiro atoms. The van der Waals surface area contributed by atoms with Gasteiger partial charge in [-0.05, 0) is 44.0 Å². The molecule has 118 valence electrons. The molecular weight excluding hydrogens is 320 g/mol. The van der Waals surface area contributed by atoms with Crippen LogP contribution < -0.4 is 5.43 Å². The van der Waals surface area contributed by atoms with Crippen LogP contribution in [0, 0.1) is 25.7 Å². The zero-order valence-corrected chi connectivity index (χ0v) is 14.1. The molecule has 24 heavy (non-hydrogen) atoms. The summed E-state index contributed by atoms with van der Waals surface area (Å²) in [5, 5.41) is 0.212. The highest BCUT2D eigenvalue weighted by atomic mass is 35.5. The Labute approximate surface area is 145 Å². The predicted octanol–water partition coefficient (Wildman–Crippen LogP) is 4.11. The Hall–Kier alpha value is -2.83. The van der Waals surface area contributed by atoms with E-state index in [0.717, 1.165) is 16.8 Å². The van der Waals surface area contributed by atoms with Crippen LogP contribution in [0.25, 0.3) is 11.1 Å². The van der Waals surface area contributed by atoms with Crippen LogP contribution in [0.1, 0.15) is 22.6 Å². The van der Waals surface area contributed by atoms with Crippen molar-refractivity contribution in [3.8, 4) is 23.0 Å². The molecule has 1 N–H and O–H groups in total. The zero-order chi connectivity index (χ0) is 17.1. The maximum absolute atomic E-state index is 12.4. The molecule has 3 rings (SSSR count). The van der Waals surface area contributed by atoms with Crippen LogP contribution in [0.5, 0.6) is 0 Å². The number of hydrogen-bond donors (Lipinski definition) is 1. The average Bonchev–Trinajstić information content (AvgIpc) is 2.60. The molecule has 0 bridgehead atoms. The van der Waals surface area contributed by atoms with Gasteiger partial charge in [0.2, 0.25) is 5.43 Å². The van der Waals surface area contributed by atoms with E-state index in [2.05, 4.69) is 21.8 Å². The quantitative estimate of drug-likeness (QED) is 0.681. The number of pyridine rings is 2. The molecule has 0 radical (unpaired) electrons. The van der Waals surface area contributed by atoms with Crippen molar-refractivity contribution in [2.45, 2.75) is 13.8 Å². The third-order valence-corrected chi connectivity index (χ3v) is 4.12. The van der Waals surface area contributed by atoms with Crippen LogP contribution >= 0.6 is 11.6 Å². The van der Waals surface area contributed by atoms with Gasteiger partial charge in [-0.1, -0.05) is 35.7 Å². The highest BCUT2D eigenvalue weighted by molar-refractivity contribution is 6.31. The van der Waals surface area contributed by atoms with Crippen molar-refractivity contribution >= 4 is 11.6 Å². The Morgan fingerprint density at radius 1 is 1.00 bits per heavy atom. The van der Waals surface area contributed by atoms with Gasteiger partial charge >= 0.3 is 0 Å². The van der Waals surface area contributed by atoms with Gasteiger partial charge in [0.25, 0.3) is 0 Å². The highest BCUT2D eigenvalue weighted by Crippen LogP contribution is 2.21. The van der Waals surface area contributed by atoms with Crippen LogP contribution in [0.4, 0.5) is 0 Å². The Morgan fingerprint density at radius 2 is 1.75 bits per heavy atom. The third-order valence-electron chi connectivity index (χ3n) is 3.67. The second-order valence-electron chi connectivity index (χ2n) is 5.44. The zero-order valence-electron chi connectivity index (χ0n) is 13.4. The van der Waals surface area contributed by atoms with E-state index in [1.165, 1.54) is 0 Å². The van der Waals surface area contributed by atoms with Gasteiger partial charge in [0.15, 0.2) is 0 Å². The number of nitrogens with zero attached hydrogens (tertiary/aromatic N) is 1. The number of aromatic nitrogens is 2. The molecule has 0 saturated carbocycles. The van der Waals surface area contributed by atoms with Crippen molar-refractivity contribution in [1.82, 2.24) is 9.97 Å². The Bertz CT molecular complexity index is 994. The predicted molar refractivity (Wildman–Crippen MR) is 97.2 cm³/mol. The fourth-order valence-corrected chi connectivity index (χ4v) is 2.61. The summed E-state index contributed by atoms with van der Waals surface area (Å²) < 4.78 is 0. The van der Waals surface area contributed by atoms with E-state index in [-0.39, 0.29) is 10.5 Å². The van der Waals surface area contributed by atoms with Crippen LogP contribution in [-0.2, 0) is 0 Å². The largest absolute Gasteiger partial charge is 0.361 e. The van der Waals surface area contributed by atoms with Gasteiger partial charge in [0.1, 0.15) is 10.7 Å². The summed E-state index contributed by atoms with van der Waals surface area (Å²) in [4.78, 5) is 19.9. The first-order chi connectivity index (χ1) is 11.6. The minimum atomic E-state index is -0.185. The number of aryl methyl sites for hydroxylation is 2. The standard InChI is InChI=1S/C20H15ClN2O/c1-13-18(20(24)19(21)14(2)23-13)16-9-11-17(22-12-16)10-8-15-6-4-3-5-7-15/h3-7,9,11-12H,1-2H3,(H,23,24). The maximum atomic E-state index is 12.4. The molecule has 0 aliphatic heterocycles. The molecule has 3 aromatic rings. The number of benzene rings is 1. The summed E-state index contributed by atoms with van der Waals surface area (Å²) in [6.07, 6.45) is 1.65. The van der Waals surface area contributed by atoms with Crippen LogP contribution in [0.3, 0.4) is 0 Å². The lowest BCUT2D eigenvalue weighted by atomic mass is 10.0. The summed E-state index contributed by atoms with van der Waals surface area (Å²) >= 11 is 6.07. The average molecular weight is 335 g/mol. The molecule has 4 heteroatoms. The van der Waals surface area contributed by atoms with Gasteiger partial charge in [-0.2, -0.15) is 0 Å². The number of H-pyrrole nitrogens is 1. The molecule has 1 aromatic carbocycles. The van der Waals surface area contributed by atoms with Crippen molar-refractivity contribution in [1.29, 1.82) is 0 Å². The SMILES string of the molecule is Cc1[nH]c(C)c(-c2ccc(C#Cc3ccccc3)nc2)c(=O)c1Cl. The van der Waals surface area contributed by atoms with Gasteiger partial charge in [-0.15, -0.1) is 0 Å². The molecule has 0 aliphatic carbocycles. The molecule has 0 fully saturated rings. The van der Waals surface area contributed by atoms with E-state index in [0.29, 0.717) is 17.0 Å². The number of hydrogen-bond acceptors (Lipinski definition) is 2. The summed E-state index contributed by atoms with van der Waals surface area (Å²) in [5.74, 6) is 6.07. The third kappa shape index (κ3) is 3.24. The number of rotatable bonds is 1. The monoisotopic (exact) mass is 334 g/mol. The molecule has 0 atom stereocenters. The van der Waals surface area contributed by atoms with E-state index in [4.69, 9.17) is 11.6 Å². The molecule has 2 aromatic heterocycles. The Kier molecular flexibility index (Phi) is 4.50. The lowest BCUT2D eigenvalue weighted by Gasteiger charge is -2.08. The Morgan fingerprint density at radius 3 is 2.42 bits per heavy atom. The summed E-state index contributed by atoms with van der Waals surface area (Å²) in [6.45, 7) is 3.63. The van der Waals surface area contributed by atoms with Crippen molar-refractivity contribution in [2.75, 3.05) is 0 Å². The minimum Gasteiger partial charge on any atom is -0.361 e. The van der Waals surface area contributed by atoms with E-state index >= 15 is 0 Å². The van der Waals surface area contributed by atoms with E-state index < -0.39 is 0 Å². The van der Waals surface area contributed by atoms with Gasteiger partial charge in [-0.25, -0.2) is 4.98 Å². The van der Waals surface area contributed by atoms with Crippen molar-refractivity contribution in [3.05, 3.63) is 86.6 Å². The number of halogens is 1. The topological polar surface area (TPSA) is 45.8 Å². The molecule has 0 amide bonds. The maximum Gasteiger partial charge on any atom is 0.208 e. The van der Waals surface area contributed by atoms with Gasteiger partial charge in [0, 0.05) is 28.7 Å². The number of nitrogens with one attached hydrogen (secondary N) is 1. The van der Waals surface area contributed by atoms with Gasteiger partial charge in [-0.3, -0.25) is 4.79 Å². The number of aromatic amines is 1. The fraction of sp³-hybridized carbons (Fsp3) is 0.100. The first-order valence-corrected chi connectivity index (χ1v) is 7.86. The second kappa shape index (κ2) is 6.74. The van der Waals surface area contributed by atoms with Crippen molar-refractivity contribution in [2.24, 2.45) is 0 Å². The summed E-state index contributed by atoms with van der Waals surface area (Å²) in [5.41, 5.74) is 4.10. The van der Waals surface area contributed by atoms with E-state index in [9.17, 15) is 4.79 Å². The first kappa shape index (κ1) is 16.0. The fourth-order valence-electron chi connectivity index (χ4n) is 2.47. The minimum absolute atomic E-state index is 0.185. The van der Waals surface area contributed by atoms with Crippen molar-refractivity contribution in [3.63, 3.8) is 0 Å². The van der Waals surface area contributed by atoms with Crippen LogP contribution in [0.15, 0.2) is 53.5 Å². The van der Waals surface area contributed by atoms with Gasteiger partial charge in [0.05, 0.1) is 5.56 Å². The normalized spacial score (nSPS) is 10.1. The molecule has 0 unspecified atom stereocenters. The second-order valence-corrected chi connectivity index (χ2v) is 5.82. The van der Waals surface area contributed by atoms with E-state index in [1.807, 2.05) is 43.3 Å². The lowest BCUT2D eigenvalue weighted by molar-refractivity contribution is 1.11. The van der Waals surface area contributed by atoms with Crippen LogP contribution in [-0.4, -0.2) is 9.97 Å². The summed E-state index contributed by atoms with van der Waals surface area (Å²) in [7, 11) is 0. The Balaban J connectivity index is 1.96. The molecular formula is C20H15ClN2O. The summed E-state index contributed by atoms with van der Waals surface area (Å²) in [6, 6.07) is 13.4. The van der Waals surface area contributed by atoms with Gasteiger partial charge < -0.3 is 4.98 Å². The van der Waals surface area contributed by atoms with Crippen molar-refractivity contribution < 1.29 is 0 Å². The lowest BCUT2D eigenvalue weighted by Crippen LogP contribution is -2.11. The van der Waals surface area contributed by atoms with Crippen LogP contribution in [0.2, 0.25) is 5.02 Å². The molecule has 3 nitrogen and oxygen atoms in total. The highest BCUT2D eigenvalue weighted by Gasteiger charge is 2.13. The smallest absolute Gasteiger partial charge is 0.208 e. The van der Waals surface area contributed by atoms with E-state index in [1.54, 1.807) is 19.2 Å². The molecule has 0 saturated heterocycles. The molecule has 2 heterocycles.